The number of rotatable bonds is 13. The van der Waals surface area contributed by atoms with Crippen molar-refractivity contribution in [3.8, 4) is 89.0 Å². The van der Waals surface area contributed by atoms with E-state index in [0.717, 1.165) is 111 Å². The van der Waals surface area contributed by atoms with Crippen molar-refractivity contribution in [2.75, 3.05) is 22.9 Å². The van der Waals surface area contributed by atoms with E-state index in [4.69, 9.17) is 22.9 Å². The molecule has 12 aromatic carbocycles. The summed E-state index contributed by atoms with van der Waals surface area (Å²) in [5, 5.41) is 0. The van der Waals surface area contributed by atoms with Gasteiger partial charge < -0.3 is 22.9 Å². The molecule has 4 nitrogen and oxygen atoms in total. The summed E-state index contributed by atoms with van der Waals surface area (Å²) in [5.41, 5.74) is 52.8. The molecule has 8 N–H and O–H groups in total. The maximum Gasteiger partial charge on any atom is 0.0473 e. The maximum absolute atomic E-state index is 7.50. The molecular weight excluding hydrogens is 945 g/mol. The fourth-order valence-corrected chi connectivity index (χ4v) is 11.4. The van der Waals surface area contributed by atoms with Gasteiger partial charge in [0, 0.05) is 79.1 Å². The van der Waals surface area contributed by atoms with Crippen molar-refractivity contribution < 1.29 is 0 Å². The lowest BCUT2D eigenvalue weighted by molar-refractivity contribution is 0.696. The average molecular weight is 1000 g/mol. The van der Waals surface area contributed by atoms with E-state index in [1.165, 1.54) is 0 Å². The Labute approximate surface area is 457 Å². The van der Waals surface area contributed by atoms with Crippen LogP contribution in [0.3, 0.4) is 0 Å². The molecule has 4 heteroatoms. The highest BCUT2D eigenvalue weighted by molar-refractivity contribution is 5.95. The van der Waals surface area contributed by atoms with Gasteiger partial charge >= 0.3 is 0 Å². The topological polar surface area (TPSA) is 104 Å². The highest BCUT2D eigenvalue weighted by Gasteiger charge is 2.34. The maximum atomic E-state index is 7.50. The van der Waals surface area contributed by atoms with E-state index in [-0.39, 0.29) is 0 Å². The van der Waals surface area contributed by atoms with Gasteiger partial charge in [-0.1, -0.05) is 243 Å². The van der Waals surface area contributed by atoms with Gasteiger partial charge in [-0.15, -0.1) is 0 Å². The van der Waals surface area contributed by atoms with E-state index in [1.54, 1.807) is 0 Å². The van der Waals surface area contributed by atoms with E-state index in [9.17, 15) is 0 Å². The van der Waals surface area contributed by atoms with Crippen LogP contribution in [-0.2, 0) is 0 Å². The molecule has 0 aromatic heterocycles. The van der Waals surface area contributed by atoms with Crippen molar-refractivity contribution in [1.82, 2.24) is 0 Å². The Bertz CT molecular complexity index is 3240. The van der Waals surface area contributed by atoms with Crippen molar-refractivity contribution in [2.45, 2.75) is 11.8 Å². The lowest BCUT2D eigenvalue weighted by Crippen LogP contribution is -2.17. The molecule has 0 bridgehead atoms. The zero-order chi connectivity index (χ0) is 53.0. The monoisotopic (exact) mass is 1000 g/mol. The number of hydrogen-bond acceptors (Lipinski definition) is 4. The van der Waals surface area contributed by atoms with Gasteiger partial charge in [0.05, 0.1) is 0 Å². The van der Waals surface area contributed by atoms with Crippen LogP contribution < -0.4 is 22.9 Å². The Balaban J connectivity index is 1.28. The van der Waals surface area contributed by atoms with Gasteiger partial charge in [0.25, 0.3) is 0 Å². The third-order valence-corrected chi connectivity index (χ3v) is 15.3. The minimum atomic E-state index is -0.423. The standard InChI is InChI=1S/C74H58N4/c75-71-61(49-25-9-1-10-26-49)41-57(42-62(71)50-27-11-2-12-28-50)69(58-43-63(51-29-13-3-14-30-51)72(76)64(44-58)52-31-15-4-16-32-52)70(59-45-65(53-33-17-5-18-34-53)73(77)66(46-59)54-35-19-6-20-36-54)60-47-67(55-37-21-7-22-38-55)74(78)68(48-60)56-39-23-8-24-40-56/h1-48,69-70H,75-78H2. The van der Waals surface area contributed by atoms with Gasteiger partial charge in [-0.3, -0.25) is 0 Å². The lowest BCUT2D eigenvalue weighted by atomic mass is 9.70. The van der Waals surface area contributed by atoms with E-state index in [0.29, 0.717) is 22.7 Å². The molecule has 0 heterocycles. The van der Waals surface area contributed by atoms with Crippen molar-refractivity contribution in [3.05, 3.63) is 313 Å². The Morgan fingerprint density at radius 3 is 0.397 bits per heavy atom. The molecule has 0 saturated carbocycles. The number of benzene rings is 12. The Morgan fingerprint density at radius 2 is 0.282 bits per heavy atom. The first-order chi connectivity index (χ1) is 38.4. The highest BCUT2D eigenvalue weighted by atomic mass is 14.6. The second kappa shape index (κ2) is 21.6. The summed E-state index contributed by atoms with van der Waals surface area (Å²) >= 11 is 0. The fraction of sp³-hybridized carbons (Fsp3) is 0.0270. The number of hydrogen-bond donors (Lipinski definition) is 4. The van der Waals surface area contributed by atoms with Crippen LogP contribution in [0.4, 0.5) is 22.7 Å². The molecule has 12 aromatic rings. The minimum absolute atomic E-state index is 0.423. The van der Waals surface area contributed by atoms with Gasteiger partial charge in [0.15, 0.2) is 0 Å². The smallest absolute Gasteiger partial charge is 0.0473 e. The van der Waals surface area contributed by atoms with Gasteiger partial charge in [-0.05, 0) is 115 Å². The molecule has 0 aliphatic heterocycles. The predicted octanol–water partition coefficient (Wildman–Crippen LogP) is 18.3. The number of anilines is 4. The summed E-state index contributed by atoms with van der Waals surface area (Å²) in [6.45, 7) is 0. The Hall–Kier alpha value is -10.2. The normalized spacial score (nSPS) is 11.3. The molecular formula is C74H58N4. The molecule has 0 aliphatic rings. The molecule has 0 spiro atoms. The zero-order valence-electron chi connectivity index (χ0n) is 43.2. The van der Waals surface area contributed by atoms with Crippen molar-refractivity contribution >= 4 is 22.7 Å². The summed E-state index contributed by atoms with van der Waals surface area (Å²) < 4.78 is 0. The summed E-state index contributed by atoms with van der Waals surface area (Å²) in [5.74, 6) is -0.847. The van der Waals surface area contributed by atoms with Gasteiger partial charge in [-0.25, -0.2) is 0 Å². The van der Waals surface area contributed by atoms with Crippen molar-refractivity contribution in [3.63, 3.8) is 0 Å². The van der Waals surface area contributed by atoms with Crippen LogP contribution in [0.5, 0.6) is 0 Å². The molecule has 0 atom stereocenters. The fourth-order valence-electron chi connectivity index (χ4n) is 11.4. The van der Waals surface area contributed by atoms with Crippen LogP contribution in [0.15, 0.2) is 291 Å². The quantitative estimate of drug-likeness (QED) is 0.0864. The summed E-state index contributed by atoms with van der Waals surface area (Å²) in [4.78, 5) is 0. The molecule has 0 unspecified atom stereocenters. The summed E-state index contributed by atoms with van der Waals surface area (Å²) in [6, 6.07) is 103. The van der Waals surface area contributed by atoms with E-state index < -0.39 is 11.8 Å². The highest BCUT2D eigenvalue weighted by Crippen LogP contribution is 2.53. The van der Waals surface area contributed by atoms with Crippen LogP contribution in [0.1, 0.15) is 34.1 Å². The molecule has 12 rings (SSSR count). The largest absolute Gasteiger partial charge is 0.398 e. The van der Waals surface area contributed by atoms with Gasteiger partial charge in [0.2, 0.25) is 0 Å². The van der Waals surface area contributed by atoms with E-state index in [1.807, 2.05) is 0 Å². The number of nitrogen functional groups attached to an aromatic ring is 4. The van der Waals surface area contributed by atoms with E-state index >= 15 is 0 Å². The molecule has 0 fully saturated rings. The third-order valence-electron chi connectivity index (χ3n) is 15.3. The molecule has 78 heavy (non-hydrogen) atoms. The van der Waals surface area contributed by atoms with Crippen LogP contribution in [0, 0.1) is 0 Å². The van der Waals surface area contributed by atoms with Crippen LogP contribution in [-0.4, -0.2) is 0 Å². The third kappa shape index (κ3) is 9.60. The molecule has 374 valence electrons. The average Bonchev–Trinajstić information content (AvgIpc) is 3.51. The second-order valence-electron chi connectivity index (χ2n) is 20.0. The van der Waals surface area contributed by atoms with E-state index in [2.05, 4.69) is 291 Å². The molecule has 0 aliphatic carbocycles. The summed E-state index contributed by atoms with van der Waals surface area (Å²) in [7, 11) is 0. The van der Waals surface area contributed by atoms with Gasteiger partial charge in [-0.2, -0.15) is 0 Å². The lowest BCUT2D eigenvalue weighted by Gasteiger charge is -2.33. The predicted molar refractivity (Wildman–Crippen MR) is 331 cm³/mol. The van der Waals surface area contributed by atoms with Crippen LogP contribution in [0.25, 0.3) is 89.0 Å². The van der Waals surface area contributed by atoms with Crippen LogP contribution in [0.2, 0.25) is 0 Å². The van der Waals surface area contributed by atoms with Crippen LogP contribution >= 0.6 is 0 Å². The zero-order valence-corrected chi connectivity index (χ0v) is 43.2. The molecule has 0 saturated heterocycles. The molecule has 0 radical (unpaired) electrons. The second-order valence-corrected chi connectivity index (χ2v) is 20.0. The minimum Gasteiger partial charge on any atom is -0.398 e. The molecule has 0 amide bonds. The first-order valence-corrected chi connectivity index (χ1v) is 26.5. The first kappa shape index (κ1) is 48.8. The summed E-state index contributed by atoms with van der Waals surface area (Å²) in [6.07, 6.45) is 0. The van der Waals surface area contributed by atoms with Crippen molar-refractivity contribution in [1.29, 1.82) is 0 Å². The SMILES string of the molecule is Nc1c(-c2ccccc2)cc(C(c2cc(-c3ccccc3)c(N)c(-c3ccccc3)c2)C(c2cc(-c3ccccc3)c(N)c(-c3ccccc3)c2)c2cc(-c3ccccc3)c(N)c(-c3ccccc3)c2)cc1-c1ccccc1. The Morgan fingerprint density at radius 1 is 0.167 bits per heavy atom. The van der Waals surface area contributed by atoms with Gasteiger partial charge in [0.1, 0.15) is 0 Å². The van der Waals surface area contributed by atoms with Crippen molar-refractivity contribution in [2.24, 2.45) is 0 Å². The first-order valence-electron chi connectivity index (χ1n) is 26.5. The Kier molecular flexibility index (Phi) is 13.5. The number of nitrogens with two attached hydrogens (primary N) is 4.